The van der Waals surface area contributed by atoms with Crippen LogP contribution in [-0.2, 0) is 0 Å². The van der Waals surface area contributed by atoms with Crippen molar-refractivity contribution >= 4 is 45.0 Å². The van der Waals surface area contributed by atoms with Gasteiger partial charge in [-0.2, -0.15) is 0 Å². The Morgan fingerprint density at radius 3 is 2.65 bits per heavy atom. The van der Waals surface area contributed by atoms with E-state index >= 15 is 0 Å². The van der Waals surface area contributed by atoms with Gasteiger partial charge in [0.1, 0.15) is 0 Å². The van der Waals surface area contributed by atoms with Crippen LogP contribution in [0, 0.1) is 13.8 Å². The van der Waals surface area contributed by atoms with Crippen molar-refractivity contribution in [3.8, 4) is 0 Å². The number of carbonyl (C=O) groups is 1. The molecule has 26 heavy (non-hydrogen) atoms. The minimum Gasteiger partial charge on any atom is -0.351 e. The molecular formula is C18H23ClN4O2S. The predicted octanol–water partition coefficient (Wildman–Crippen LogP) is 3.92. The summed E-state index contributed by atoms with van der Waals surface area (Å²) in [5, 5.41) is 4.35. The van der Waals surface area contributed by atoms with E-state index in [0.717, 1.165) is 23.2 Å². The molecular weight excluding hydrogens is 372 g/mol. The van der Waals surface area contributed by atoms with E-state index in [9.17, 15) is 4.79 Å². The van der Waals surface area contributed by atoms with Crippen LogP contribution in [0.5, 0.6) is 0 Å². The second-order valence-corrected chi connectivity index (χ2v) is 7.39. The van der Waals surface area contributed by atoms with E-state index in [4.69, 9.17) is 9.51 Å². The molecule has 0 atom stereocenters. The third-order valence-corrected chi connectivity index (χ3v) is 5.15. The Balaban J connectivity index is 0.00000243. The summed E-state index contributed by atoms with van der Waals surface area (Å²) >= 11 is 1.54. The number of aryl methyl sites for hydroxylation is 2. The first-order valence-corrected chi connectivity index (χ1v) is 9.02. The summed E-state index contributed by atoms with van der Waals surface area (Å²) in [5.74, 6) is 0.0294. The van der Waals surface area contributed by atoms with Crippen LogP contribution >= 0.6 is 23.7 Å². The molecule has 0 aliphatic carbocycles. The SMILES string of the molecule is Cc1cc(C)c2sc(N(CCCN(C)C)C(=O)c3ccno3)nc2c1.Cl. The molecule has 2 heterocycles. The molecule has 0 saturated carbocycles. The zero-order valence-corrected chi connectivity index (χ0v) is 17.0. The Hall–Kier alpha value is -1.96. The second-order valence-electron chi connectivity index (χ2n) is 6.42. The molecule has 0 unspecified atom stereocenters. The third-order valence-electron chi connectivity index (χ3n) is 3.92. The smallest absolute Gasteiger partial charge is 0.298 e. The van der Waals surface area contributed by atoms with Crippen molar-refractivity contribution < 1.29 is 9.32 Å². The first-order valence-electron chi connectivity index (χ1n) is 8.21. The quantitative estimate of drug-likeness (QED) is 0.634. The monoisotopic (exact) mass is 394 g/mol. The Labute approximate surface area is 163 Å². The number of hydrogen-bond acceptors (Lipinski definition) is 6. The van der Waals surface area contributed by atoms with E-state index in [0.29, 0.717) is 11.7 Å². The number of carbonyl (C=O) groups excluding carboxylic acids is 1. The van der Waals surface area contributed by atoms with Crippen LogP contribution in [0.3, 0.4) is 0 Å². The first-order chi connectivity index (χ1) is 12.0. The van der Waals surface area contributed by atoms with E-state index in [1.54, 1.807) is 22.3 Å². The summed E-state index contributed by atoms with van der Waals surface area (Å²) in [4.78, 5) is 21.4. The van der Waals surface area contributed by atoms with Gasteiger partial charge >= 0.3 is 0 Å². The number of rotatable bonds is 6. The van der Waals surface area contributed by atoms with Gasteiger partial charge in [-0.25, -0.2) is 4.98 Å². The van der Waals surface area contributed by atoms with E-state index in [1.165, 1.54) is 17.3 Å². The van der Waals surface area contributed by atoms with Crippen molar-refractivity contribution in [1.29, 1.82) is 0 Å². The van der Waals surface area contributed by atoms with Gasteiger partial charge in [0.15, 0.2) is 5.13 Å². The number of amides is 1. The lowest BCUT2D eigenvalue weighted by atomic mass is 10.1. The van der Waals surface area contributed by atoms with Gasteiger partial charge in [0.05, 0.1) is 16.4 Å². The van der Waals surface area contributed by atoms with Gasteiger partial charge in [-0.05, 0) is 58.1 Å². The Morgan fingerprint density at radius 2 is 2.00 bits per heavy atom. The largest absolute Gasteiger partial charge is 0.351 e. The second kappa shape index (κ2) is 8.62. The lowest BCUT2D eigenvalue weighted by molar-refractivity contribution is 0.0950. The van der Waals surface area contributed by atoms with Crippen molar-refractivity contribution in [3.63, 3.8) is 0 Å². The molecule has 0 N–H and O–H groups in total. The molecule has 0 spiro atoms. The van der Waals surface area contributed by atoms with Gasteiger partial charge in [-0.15, -0.1) is 12.4 Å². The zero-order valence-electron chi connectivity index (χ0n) is 15.4. The fourth-order valence-corrected chi connectivity index (χ4v) is 3.81. The standard InChI is InChI=1S/C18H22N4O2S.ClH/c1-12-10-13(2)16-14(11-12)20-18(25-16)22(9-5-8-21(3)4)17(23)15-6-7-19-24-15;/h6-7,10-11H,5,8-9H2,1-4H3;1H. The average Bonchev–Trinajstić information content (AvgIpc) is 3.20. The Bertz CT molecular complexity index is 877. The zero-order chi connectivity index (χ0) is 18.0. The van der Waals surface area contributed by atoms with Crippen LogP contribution in [-0.4, -0.2) is 48.1 Å². The summed E-state index contributed by atoms with van der Waals surface area (Å²) < 4.78 is 6.18. The van der Waals surface area contributed by atoms with Crippen LogP contribution in [0.2, 0.25) is 0 Å². The molecule has 6 nitrogen and oxygen atoms in total. The van der Waals surface area contributed by atoms with E-state index in [1.807, 2.05) is 14.1 Å². The van der Waals surface area contributed by atoms with Crippen molar-refractivity contribution in [2.45, 2.75) is 20.3 Å². The molecule has 140 valence electrons. The summed E-state index contributed by atoms with van der Waals surface area (Å²) in [6, 6.07) is 5.78. The van der Waals surface area contributed by atoms with E-state index < -0.39 is 0 Å². The van der Waals surface area contributed by atoms with Gasteiger partial charge < -0.3 is 9.42 Å². The molecule has 3 aromatic rings. The average molecular weight is 395 g/mol. The number of fused-ring (bicyclic) bond motifs is 1. The van der Waals surface area contributed by atoms with Gasteiger partial charge in [-0.3, -0.25) is 9.69 Å². The maximum atomic E-state index is 12.9. The Kier molecular flexibility index (Phi) is 6.75. The highest BCUT2D eigenvalue weighted by atomic mass is 35.5. The summed E-state index contributed by atoms with van der Waals surface area (Å²) in [6.07, 6.45) is 2.33. The fraction of sp³-hybridized carbons (Fsp3) is 0.389. The van der Waals surface area contributed by atoms with Crippen molar-refractivity contribution in [2.75, 3.05) is 32.1 Å². The maximum Gasteiger partial charge on any atom is 0.298 e. The van der Waals surface area contributed by atoms with E-state index in [-0.39, 0.29) is 24.1 Å². The fourth-order valence-electron chi connectivity index (χ4n) is 2.77. The van der Waals surface area contributed by atoms with Crippen LogP contribution in [0.15, 0.2) is 28.9 Å². The van der Waals surface area contributed by atoms with Crippen LogP contribution in [0.1, 0.15) is 28.1 Å². The van der Waals surface area contributed by atoms with Gasteiger partial charge in [0.2, 0.25) is 5.76 Å². The van der Waals surface area contributed by atoms with Crippen molar-refractivity contribution in [1.82, 2.24) is 15.0 Å². The maximum absolute atomic E-state index is 12.9. The minimum atomic E-state index is -0.204. The highest BCUT2D eigenvalue weighted by Crippen LogP contribution is 2.32. The first kappa shape index (κ1) is 20.4. The summed E-state index contributed by atoms with van der Waals surface area (Å²) in [6.45, 7) is 5.60. The number of halogens is 1. The number of aromatic nitrogens is 2. The van der Waals surface area contributed by atoms with Gasteiger partial charge in [0, 0.05) is 12.6 Å². The molecule has 0 bridgehead atoms. The molecule has 3 rings (SSSR count). The Morgan fingerprint density at radius 1 is 1.23 bits per heavy atom. The molecule has 2 aromatic heterocycles. The molecule has 0 radical (unpaired) electrons. The lowest BCUT2D eigenvalue weighted by Gasteiger charge is -2.19. The van der Waals surface area contributed by atoms with Gasteiger partial charge in [-0.1, -0.05) is 22.6 Å². The van der Waals surface area contributed by atoms with Crippen molar-refractivity contribution in [2.24, 2.45) is 0 Å². The third kappa shape index (κ3) is 4.41. The highest BCUT2D eigenvalue weighted by Gasteiger charge is 2.24. The minimum absolute atomic E-state index is 0. The van der Waals surface area contributed by atoms with E-state index in [2.05, 4.69) is 36.0 Å². The topological polar surface area (TPSA) is 62.5 Å². The molecule has 0 aliphatic heterocycles. The molecule has 0 saturated heterocycles. The van der Waals surface area contributed by atoms with Crippen LogP contribution < -0.4 is 4.90 Å². The number of anilines is 1. The van der Waals surface area contributed by atoms with Crippen molar-refractivity contribution in [3.05, 3.63) is 41.3 Å². The number of benzene rings is 1. The summed E-state index contributed by atoms with van der Waals surface area (Å²) in [5.41, 5.74) is 3.28. The molecule has 8 heteroatoms. The molecule has 1 amide bonds. The normalized spacial score (nSPS) is 11.0. The predicted molar refractivity (Wildman–Crippen MR) is 108 cm³/mol. The van der Waals surface area contributed by atoms with Crippen LogP contribution in [0.4, 0.5) is 5.13 Å². The number of nitrogens with zero attached hydrogens (tertiary/aromatic N) is 4. The lowest BCUT2D eigenvalue weighted by Crippen LogP contribution is -2.33. The summed E-state index contributed by atoms with van der Waals surface area (Å²) in [7, 11) is 4.04. The number of hydrogen-bond donors (Lipinski definition) is 0. The molecule has 0 aliphatic rings. The van der Waals surface area contributed by atoms with Crippen LogP contribution in [0.25, 0.3) is 10.2 Å². The highest BCUT2D eigenvalue weighted by molar-refractivity contribution is 7.22. The molecule has 1 aromatic carbocycles. The number of thiazole rings is 1. The van der Waals surface area contributed by atoms with Gasteiger partial charge in [0.25, 0.3) is 5.91 Å². The molecule has 0 fully saturated rings.